The summed E-state index contributed by atoms with van der Waals surface area (Å²) in [6.45, 7) is 3.59. The first kappa shape index (κ1) is 17.2. The molecule has 0 atom stereocenters. The molecule has 1 aliphatic heterocycles. The topological polar surface area (TPSA) is 58.1 Å². The Bertz CT molecular complexity index is 496. The van der Waals surface area contributed by atoms with E-state index in [2.05, 4.69) is 20.4 Å². The van der Waals surface area contributed by atoms with Crippen LogP contribution in [0.25, 0.3) is 0 Å². The molecule has 0 unspecified atom stereocenters. The number of hydrogen-bond donors (Lipinski definition) is 1. The van der Waals surface area contributed by atoms with Crippen molar-refractivity contribution in [3.63, 3.8) is 0 Å². The van der Waals surface area contributed by atoms with Crippen molar-refractivity contribution in [1.82, 2.24) is 15.1 Å². The predicted octanol–water partition coefficient (Wildman–Crippen LogP) is 3.63. The Kier molecular flexibility index (Phi) is 6.71. The molecule has 5 nitrogen and oxygen atoms in total. The molecule has 1 aromatic rings. The zero-order valence-electron chi connectivity index (χ0n) is 13.6. The summed E-state index contributed by atoms with van der Waals surface area (Å²) >= 11 is 3.25. The van der Waals surface area contributed by atoms with Gasteiger partial charge in [0, 0.05) is 18.2 Å². The van der Waals surface area contributed by atoms with Crippen molar-refractivity contribution >= 4 is 34.1 Å². The molecule has 1 amide bonds. The van der Waals surface area contributed by atoms with Gasteiger partial charge in [-0.3, -0.25) is 4.79 Å². The zero-order chi connectivity index (χ0) is 15.9. The standard InChI is InChI=1S/C16H26N4OS2/c21-14(13-7-3-1-4-8-13)17-15-18-19-16(23-15)22-12-11-20-9-5-2-6-10-20/h13H,1-12H2,(H,17,18,21). The lowest BCUT2D eigenvalue weighted by molar-refractivity contribution is -0.120. The van der Waals surface area contributed by atoms with Crippen molar-refractivity contribution in [1.29, 1.82) is 0 Å². The first-order chi connectivity index (χ1) is 11.3. The lowest BCUT2D eigenvalue weighted by atomic mass is 9.89. The number of piperidine rings is 1. The lowest BCUT2D eigenvalue weighted by Gasteiger charge is -2.25. The number of aromatic nitrogens is 2. The molecular formula is C16H26N4OS2. The number of nitrogens with zero attached hydrogens (tertiary/aromatic N) is 3. The normalized spacial score (nSPS) is 20.5. The van der Waals surface area contributed by atoms with E-state index in [0.29, 0.717) is 5.13 Å². The fourth-order valence-electron chi connectivity index (χ4n) is 3.34. The maximum Gasteiger partial charge on any atom is 0.229 e. The molecule has 0 bridgehead atoms. The second-order valence-corrected chi connectivity index (χ2v) is 8.77. The van der Waals surface area contributed by atoms with E-state index < -0.39 is 0 Å². The summed E-state index contributed by atoms with van der Waals surface area (Å²) < 4.78 is 0.959. The number of likely N-dealkylation sites (tertiary alicyclic amines) is 1. The summed E-state index contributed by atoms with van der Waals surface area (Å²) in [4.78, 5) is 14.7. The first-order valence-electron chi connectivity index (χ1n) is 8.81. The Morgan fingerprint density at radius 1 is 1.13 bits per heavy atom. The SMILES string of the molecule is O=C(Nc1nnc(SCCN2CCCCC2)s1)C1CCCCC1. The molecule has 2 heterocycles. The highest BCUT2D eigenvalue weighted by Gasteiger charge is 2.22. The second-order valence-electron chi connectivity index (χ2n) is 6.45. The third-order valence-electron chi connectivity index (χ3n) is 4.69. The molecule has 1 saturated carbocycles. The van der Waals surface area contributed by atoms with Crippen molar-refractivity contribution in [3.8, 4) is 0 Å². The van der Waals surface area contributed by atoms with Crippen molar-refractivity contribution in [2.24, 2.45) is 5.92 Å². The third kappa shape index (κ3) is 5.43. The molecule has 1 aromatic heterocycles. The van der Waals surface area contributed by atoms with Crippen LogP contribution in [0.15, 0.2) is 4.34 Å². The summed E-state index contributed by atoms with van der Waals surface area (Å²) in [5.41, 5.74) is 0. The van der Waals surface area contributed by atoms with E-state index in [-0.39, 0.29) is 11.8 Å². The number of hydrogen-bond acceptors (Lipinski definition) is 6. The predicted molar refractivity (Wildman–Crippen MR) is 96.1 cm³/mol. The Morgan fingerprint density at radius 3 is 2.65 bits per heavy atom. The van der Waals surface area contributed by atoms with Gasteiger partial charge in [0.2, 0.25) is 11.0 Å². The molecule has 0 radical (unpaired) electrons. The summed E-state index contributed by atoms with van der Waals surface area (Å²) in [5.74, 6) is 1.35. The molecule has 0 aromatic carbocycles. The van der Waals surface area contributed by atoms with Gasteiger partial charge in [-0.2, -0.15) is 0 Å². The molecule has 3 rings (SSSR count). The minimum Gasteiger partial charge on any atom is -0.303 e. The van der Waals surface area contributed by atoms with Gasteiger partial charge in [0.15, 0.2) is 4.34 Å². The Morgan fingerprint density at radius 2 is 1.87 bits per heavy atom. The third-order valence-corrected chi connectivity index (χ3v) is 6.65. The van der Waals surface area contributed by atoms with Gasteiger partial charge < -0.3 is 10.2 Å². The highest BCUT2D eigenvalue weighted by Crippen LogP contribution is 2.28. The van der Waals surface area contributed by atoms with Crippen LogP contribution in [-0.4, -0.2) is 46.4 Å². The van der Waals surface area contributed by atoms with Crippen LogP contribution in [0.4, 0.5) is 5.13 Å². The van der Waals surface area contributed by atoms with Gasteiger partial charge in [-0.05, 0) is 38.8 Å². The molecular weight excluding hydrogens is 328 g/mol. The number of amides is 1. The van der Waals surface area contributed by atoms with Crippen LogP contribution in [0.1, 0.15) is 51.4 Å². The van der Waals surface area contributed by atoms with Crippen LogP contribution in [0.2, 0.25) is 0 Å². The van der Waals surface area contributed by atoms with Gasteiger partial charge in [0.25, 0.3) is 0 Å². The largest absolute Gasteiger partial charge is 0.303 e. The van der Waals surface area contributed by atoms with E-state index in [4.69, 9.17) is 0 Å². The van der Waals surface area contributed by atoms with Crippen LogP contribution in [0.3, 0.4) is 0 Å². The molecule has 128 valence electrons. The van der Waals surface area contributed by atoms with E-state index in [1.807, 2.05) is 0 Å². The highest BCUT2D eigenvalue weighted by atomic mass is 32.2. The smallest absolute Gasteiger partial charge is 0.229 e. The molecule has 0 spiro atoms. The van der Waals surface area contributed by atoms with Gasteiger partial charge >= 0.3 is 0 Å². The van der Waals surface area contributed by atoms with Gasteiger partial charge in [-0.1, -0.05) is 48.8 Å². The summed E-state index contributed by atoms with van der Waals surface area (Å²) in [6, 6.07) is 0. The van der Waals surface area contributed by atoms with E-state index >= 15 is 0 Å². The molecule has 1 N–H and O–H groups in total. The van der Waals surface area contributed by atoms with Gasteiger partial charge in [-0.15, -0.1) is 10.2 Å². The summed E-state index contributed by atoms with van der Waals surface area (Å²) in [7, 11) is 0. The average molecular weight is 355 g/mol. The Hall–Kier alpha value is -0.660. The number of carbonyl (C=O) groups excluding carboxylic acids is 1. The summed E-state index contributed by atoms with van der Waals surface area (Å²) in [5, 5.41) is 11.9. The van der Waals surface area contributed by atoms with Gasteiger partial charge in [0.1, 0.15) is 0 Å². The quantitative estimate of drug-likeness (QED) is 0.624. The van der Waals surface area contributed by atoms with Crippen LogP contribution < -0.4 is 5.32 Å². The molecule has 2 aliphatic rings. The van der Waals surface area contributed by atoms with E-state index in [1.165, 1.54) is 63.0 Å². The van der Waals surface area contributed by atoms with Crippen molar-refractivity contribution in [2.75, 3.05) is 30.7 Å². The molecule has 2 fully saturated rings. The molecule has 1 saturated heterocycles. The fourth-order valence-corrected chi connectivity index (χ4v) is 5.16. The van der Waals surface area contributed by atoms with Crippen LogP contribution in [0, 0.1) is 5.92 Å². The monoisotopic (exact) mass is 354 g/mol. The van der Waals surface area contributed by atoms with Crippen LogP contribution in [-0.2, 0) is 4.79 Å². The van der Waals surface area contributed by atoms with E-state index in [9.17, 15) is 4.79 Å². The average Bonchev–Trinajstić information content (AvgIpc) is 3.04. The summed E-state index contributed by atoms with van der Waals surface area (Å²) in [6.07, 6.45) is 9.69. The Labute approximate surface area is 146 Å². The number of anilines is 1. The van der Waals surface area contributed by atoms with Gasteiger partial charge in [0.05, 0.1) is 0 Å². The number of carbonyl (C=O) groups is 1. The molecule has 23 heavy (non-hydrogen) atoms. The highest BCUT2D eigenvalue weighted by molar-refractivity contribution is 8.01. The molecule has 1 aliphatic carbocycles. The van der Waals surface area contributed by atoms with Crippen LogP contribution >= 0.6 is 23.1 Å². The molecule has 7 heteroatoms. The maximum atomic E-state index is 12.2. The maximum absolute atomic E-state index is 12.2. The fraction of sp³-hybridized carbons (Fsp3) is 0.812. The van der Waals surface area contributed by atoms with E-state index in [0.717, 1.165) is 29.5 Å². The second kappa shape index (κ2) is 8.99. The minimum absolute atomic E-state index is 0.130. The van der Waals surface area contributed by atoms with Crippen molar-refractivity contribution in [2.45, 2.75) is 55.7 Å². The lowest BCUT2D eigenvalue weighted by Crippen LogP contribution is -2.31. The zero-order valence-corrected chi connectivity index (χ0v) is 15.3. The number of thioether (sulfide) groups is 1. The first-order valence-corrected chi connectivity index (χ1v) is 10.6. The number of nitrogens with one attached hydrogen (secondary N) is 1. The van der Waals surface area contributed by atoms with Gasteiger partial charge in [-0.25, -0.2) is 0 Å². The Balaban J connectivity index is 1.39. The van der Waals surface area contributed by atoms with Crippen molar-refractivity contribution in [3.05, 3.63) is 0 Å². The van der Waals surface area contributed by atoms with Crippen LogP contribution in [0.5, 0.6) is 0 Å². The minimum atomic E-state index is 0.130. The van der Waals surface area contributed by atoms with Crippen molar-refractivity contribution < 1.29 is 4.79 Å². The van der Waals surface area contributed by atoms with E-state index in [1.54, 1.807) is 11.8 Å². The number of rotatable bonds is 6.